The van der Waals surface area contributed by atoms with E-state index in [-0.39, 0.29) is 17.6 Å². The van der Waals surface area contributed by atoms with Crippen molar-refractivity contribution in [3.05, 3.63) is 80.9 Å². The van der Waals surface area contributed by atoms with Gasteiger partial charge in [0.2, 0.25) is 0 Å². The van der Waals surface area contributed by atoms with Gasteiger partial charge < -0.3 is 15.6 Å². The minimum absolute atomic E-state index is 0.133. The van der Waals surface area contributed by atoms with Gasteiger partial charge in [0.1, 0.15) is 5.52 Å². The minimum atomic E-state index is -1.05. The lowest BCUT2D eigenvalue weighted by atomic mass is 9.91. The number of aryl methyl sites for hydroxylation is 1. The van der Waals surface area contributed by atoms with Crippen LogP contribution in [-0.4, -0.2) is 61.1 Å². The van der Waals surface area contributed by atoms with Crippen LogP contribution in [0.25, 0.3) is 22.3 Å². The van der Waals surface area contributed by atoms with Crippen molar-refractivity contribution in [2.75, 3.05) is 20.2 Å². The highest BCUT2D eigenvalue weighted by atomic mass is 35.5. The molecule has 0 bridgehead atoms. The Balaban J connectivity index is 1.29. The molecule has 0 saturated carbocycles. The Labute approximate surface area is 230 Å². The summed E-state index contributed by atoms with van der Waals surface area (Å²) in [6, 6.07) is 12.9. The van der Waals surface area contributed by atoms with E-state index in [1.54, 1.807) is 23.9 Å². The monoisotopic (exact) mass is 550 g/mol. The van der Waals surface area contributed by atoms with Crippen molar-refractivity contribution >= 4 is 28.6 Å². The molecule has 1 saturated heterocycles. The Morgan fingerprint density at radius 2 is 1.87 bits per heavy atom. The van der Waals surface area contributed by atoms with Crippen molar-refractivity contribution in [2.45, 2.75) is 38.1 Å². The molecular weight excluding hydrogens is 520 g/mol. The van der Waals surface area contributed by atoms with E-state index in [0.717, 1.165) is 22.4 Å². The molecule has 1 aliphatic heterocycles. The average molecular weight is 551 g/mol. The van der Waals surface area contributed by atoms with Gasteiger partial charge in [0.15, 0.2) is 5.52 Å². The van der Waals surface area contributed by atoms with Gasteiger partial charge in [-0.25, -0.2) is 9.78 Å². The maximum absolute atomic E-state index is 13.3. The number of carbonyl (C=O) groups excluding carboxylic acids is 1. The van der Waals surface area contributed by atoms with E-state index in [0.29, 0.717) is 55.1 Å². The second kappa shape index (κ2) is 10.9. The number of hydrogen-bond donors (Lipinski definition) is 2. The summed E-state index contributed by atoms with van der Waals surface area (Å²) in [6.45, 7) is 2.43. The Kier molecular flexibility index (Phi) is 7.55. The number of nitrogens with two attached hydrogens (primary N) is 1. The number of piperidine rings is 1. The molecule has 11 heteroatoms. The topological polar surface area (TPSA) is 128 Å². The second-order valence-electron chi connectivity index (χ2n) is 10.0. The van der Waals surface area contributed by atoms with Crippen LogP contribution in [0.15, 0.2) is 53.6 Å². The predicted octanol–water partition coefficient (Wildman–Crippen LogP) is 2.72. The van der Waals surface area contributed by atoms with E-state index in [1.165, 1.54) is 18.0 Å². The number of methoxy groups -OCH3 is 1. The molecule has 2 aromatic carbocycles. The molecule has 5 rings (SSSR count). The molecule has 1 fully saturated rings. The Hall–Kier alpha value is -3.57. The highest BCUT2D eigenvalue weighted by Crippen LogP contribution is 2.28. The maximum atomic E-state index is 13.3. The number of hydrogen-bond acceptors (Lipinski definition) is 8. The maximum Gasteiger partial charge on any atom is 0.337 e. The molecule has 0 unspecified atom stereocenters. The standard InChI is InChI=1S/C28H31ClN6O4/c1-33-25(19-5-3-18(14-30)4-6-19)23-24(32-33)26(36)35(17-31-23)16-28(38)9-11-34(12-10-28)15-21-8-7-20(13-22(21)29)27(37)39-2/h3-8,13,17,38H,9-12,14-16,30H2,1-2H3. The first-order chi connectivity index (χ1) is 18.7. The highest BCUT2D eigenvalue weighted by Gasteiger charge is 2.33. The molecule has 0 radical (unpaired) electrons. The molecule has 3 N–H and O–H groups in total. The molecular formula is C28H31ClN6O4. The third-order valence-electron chi connectivity index (χ3n) is 7.39. The number of ether oxygens (including phenoxy) is 1. The minimum Gasteiger partial charge on any atom is -0.465 e. The summed E-state index contributed by atoms with van der Waals surface area (Å²) in [7, 11) is 3.12. The summed E-state index contributed by atoms with van der Waals surface area (Å²) in [5, 5.41) is 16.3. The van der Waals surface area contributed by atoms with Crippen LogP contribution >= 0.6 is 11.6 Å². The van der Waals surface area contributed by atoms with Crippen molar-refractivity contribution in [1.82, 2.24) is 24.2 Å². The Morgan fingerprint density at radius 1 is 1.15 bits per heavy atom. The molecule has 10 nitrogen and oxygen atoms in total. The number of benzene rings is 2. The number of halogens is 1. The van der Waals surface area contributed by atoms with Crippen LogP contribution in [0.5, 0.6) is 0 Å². The van der Waals surface area contributed by atoms with E-state index < -0.39 is 11.6 Å². The van der Waals surface area contributed by atoms with Crippen LogP contribution in [0.2, 0.25) is 5.02 Å². The number of fused-ring (bicyclic) bond motifs is 1. The first kappa shape index (κ1) is 27.0. The van der Waals surface area contributed by atoms with Gasteiger partial charge in [0, 0.05) is 43.8 Å². The average Bonchev–Trinajstić information content (AvgIpc) is 3.28. The van der Waals surface area contributed by atoms with Crippen molar-refractivity contribution in [3.63, 3.8) is 0 Å². The van der Waals surface area contributed by atoms with Gasteiger partial charge in [-0.15, -0.1) is 0 Å². The van der Waals surface area contributed by atoms with E-state index in [2.05, 4.69) is 15.0 Å². The number of rotatable bonds is 7. The summed E-state index contributed by atoms with van der Waals surface area (Å²) >= 11 is 6.40. The van der Waals surface area contributed by atoms with Gasteiger partial charge in [0.25, 0.3) is 5.56 Å². The molecule has 204 valence electrons. The highest BCUT2D eigenvalue weighted by molar-refractivity contribution is 6.31. The summed E-state index contributed by atoms with van der Waals surface area (Å²) in [6.07, 6.45) is 2.46. The number of aliphatic hydroxyl groups is 1. The zero-order chi connectivity index (χ0) is 27.7. The molecule has 1 aliphatic rings. The van der Waals surface area contributed by atoms with Crippen molar-refractivity contribution in [1.29, 1.82) is 0 Å². The van der Waals surface area contributed by atoms with Crippen molar-refractivity contribution < 1.29 is 14.6 Å². The first-order valence-electron chi connectivity index (χ1n) is 12.7. The number of nitrogens with zero attached hydrogens (tertiary/aromatic N) is 5. The molecule has 0 atom stereocenters. The summed E-state index contributed by atoms with van der Waals surface area (Å²) in [5.74, 6) is -0.433. The number of likely N-dealkylation sites (tertiary alicyclic amines) is 1. The van der Waals surface area contributed by atoms with Gasteiger partial charge >= 0.3 is 5.97 Å². The van der Waals surface area contributed by atoms with Gasteiger partial charge in [0.05, 0.1) is 36.8 Å². The van der Waals surface area contributed by atoms with Gasteiger partial charge in [-0.05, 0) is 36.1 Å². The quantitative estimate of drug-likeness (QED) is 0.336. The zero-order valence-corrected chi connectivity index (χ0v) is 22.7. The van der Waals surface area contributed by atoms with Crippen LogP contribution < -0.4 is 11.3 Å². The van der Waals surface area contributed by atoms with Gasteiger partial charge in [-0.3, -0.25) is 18.9 Å². The fourth-order valence-electron chi connectivity index (χ4n) is 5.09. The molecule has 3 heterocycles. The smallest absolute Gasteiger partial charge is 0.337 e. The second-order valence-corrected chi connectivity index (χ2v) is 10.5. The van der Waals surface area contributed by atoms with Crippen molar-refractivity contribution in [3.8, 4) is 11.3 Å². The zero-order valence-electron chi connectivity index (χ0n) is 21.9. The Morgan fingerprint density at radius 3 is 2.51 bits per heavy atom. The SMILES string of the molecule is COC(=O)c1ccc(CN2CCC(O)(Cn3cnc4c(-c5ccc(CN)cc5)n(C)nc4c3=O)CC2)c(Cl)c1. The molecule has 2 aromatic heterocycles. The molecule has 0 spiro atoms. The largest absolute Gasteiger partial charge is 0.465 e. The predicted molar refractivity (Wildman–Crippen MR) is 148 cm³/mol. The first-order valence-corrected chi connectivity index (χ1v) is 13.1. The fourth-order valence-corrected chi connectivity index (χ4v) is 5.33. The molecule has 4 aromatic rings. The van der Waals surface area contributed by atoms with E-state index in [1.807, 2.05) is 30.3 Å². The van der Waals surface area contributed by atoms with Crippen LogP contribution in [0.1, 0.15) is 34.3 Å². The van der Waals surface area contributed by atoms with Crippen LogP contribution in [0.4, 0.5) is 0 Å². The van der Waals surface area contributed by atoms with Gasteiger partial charge in [-0.2, -0.15) is 5.10 Å². The Bertz CT molecular complexity index is 1570. The number of esters is 1. The van der Waals surface area contributed by atoms with Gasteiger partial charge in [-0.1, -0.05) is 41.9 Å². The van der Waals surface area contributed by atoms with E-state index in [4.69, 9.17) is 22.1 Å². The third kappa shape index (κ3) is 5.46. The summed E-state index contributed by atoms with van der Waals surface area (Å²) in [4.78, 5) is 31.8. The fraction of sp³-hybridized carbons (Fsp3) is 0.357. The van der Waals surface area contributed by atoms with Crippen LogP contribution in [-0.2, 0) is 31.4 Å². The lowest BCUT2D eigenvalue weighted by molar-refractivity contribution is -0.0364. The number of carbonyl (C=O) groups is 1. The summed E-state index contributed by atoms with van der Waals surface area (Å²) in [5.41, 5.74) is 9.13. The van der Waals surface area contributed by atoms with E-state index >= 15 is 0 Å². The molecule has 0 aliphatic carbocycles. The number of aromatic nitrogens is 4. The lowest BCUT2D eigenvalue weighted by Crippen LogP contribution is -2.47. The molecule has 0 amide bonds. The summed E-state index contributed by atoms with van der Waals surface area (Å²) < 4.78 is 7.86. The van der Waals surface area contributed by atoms with E-state index in [9.17, 15) is 14.7 Å². The third-order valence-corrected chi connectivity index (χ3v) is 7.75. The lowest BCUT2D eigenvalue weighted by Gasteiger charge is -2.38. The van der Waals surface area contributed by atoms with Crippen LogP contribution in [0.3, 0.4) is 0 Å². The van der Waals surface area contributed by atoms with Crippen LogP contribution in [0, 0.1) is 0 Å². The van der Waals surface area contributed by atoms with Crippen molar-refractivity contribution in [2.24, 2.45) is 12.8 Å². The normalized spacial score (nSPS) is 15.5. The molecule has 39 heavy (non-hydrogen) atoms.